The van der Waals surface area contributed by atoms with Crippen molar-refractivity contribution in [2.45, 2.75) is 57.8 Å². The number of hydrogen-bond acceptors (Lipinski definition) is 4. The van der Waals surface area contributed by atoms with Gasteiger partial charge in [-0.2, -0.15) is 0 Å². The topological polar surface area (TPSA) is 79.0 Å². The monoisotopic (exact) mass is 481 g/mol. The van der Waals surface area contributed by atoms with E-state index in [2.05, 4.69) is 5.32 Å². The first kappa shape index (κ1) is 24.9. The highest BCUT2D eigenvalue weighted by atomic mass is 19.1. The molecule has 0 radical (unpaired) electrons. The van der Waals surface area contributed by atoms with E-state index in [9.17, 15) is 18.8 Å². The third kappa shape index (κ3) is 5.07. The summed E-state index contributed by atoms with van der Waals surface area (Å²) in [5.41, 5.74) is 0.735. The smallest absolute Gasteiger partial charge is 0.256 e. The third-order valence-corrected chi connectivity index (χ3v) is 6.95. The predicted molar refractivity (Wildman–Crippen MR) is 129 cm³/mol. The summed E-state index contributed by atoms with van der Waals surface area (Å²) in [6, 6.07) is 12.1. The standard InChI is InChI=1S/C27H32FN3O4/c1-4-19(3)29-24(32)23-17-35-27(31(23)26(34)20-8-5-7-18(2)15-20)11-13-30(14-12-27)25(33)21-9-6-10-22(28)16-21/h5-10,15-16,19,23H,4,11-14,17H2,1-3H3,(H,29,32). The average molecular weight is 482 g/mol. The van der Waals surface area contributed by atoms with E-state index in [-0.39, 0.29) is 35.9 Å². The van der Waals surface area contributed by atoms with Gasteiger partial charge in [0.2, 0.25) is 5.91 Å². The van der Waals surface area contributed by atoms with Crippen LogP contribution >= 0.6 is 0 Å². The Kier molecular flexibility index (Phi) is 7.21. The first-order valence-corrected chi connectivity index (χ1v) is 12.1. The lowest BCUT2D eigenvalue weighted by Gasteiger charge is -2.44. The van der Waals surface area contributed by atoms with Crippen LogP contribution < -0.4 is 5.32 Å². The van der Waals surface area contributed by atoms with Crippen molar-refractivity contribution in [2.75, 3.05) is 19.7 Å². The van der Waals surface area contributed by atoms with Gasteiger partial charge in [-0.25, -0.2) is 4.39 Å². The first-order valence-electron chi connectivity index (χ1n) is 12.1. The van der Waals surface area contributed by atoms with Gasteiger partial charge in [0.25, 0.3) is 11.8 Å². The van der Waals surface area contributed by atoms with Crippen molar-refractivity contribution in [3.63, 3.8) is 0 Å². The van der Waals surface area contributed by atoms with Crippen LogP contribution in [0.2, 0.25) is 0 Å². The maximum atomic E-state index is 13.8. The van der Waals surface area contributed by atoms with Crippen LogP contribution in [0.3, 0.4) is 0 Å². The zero-order chi connectivity index (χ0) is 25.2. The number of nitrogens with zero attached hydrogens (tertiary/aromatic N) is 2. The molecule has 1 spiro atoms. The summed E-state index contributed by atoms with van der Waals surface area (Å²) in [5, 5.41) is 2.98. The van der Waals surface area contributed by atoms with Crippen molar-refractivity contribution < 1.29 is 23.5 Å². The Morgan fingerprint density at radius 1 is 1.09 bits per heavy atom. The molecule has 2 atom stereocenters. The number of carbonyl (C=O) groups excluding carboxylic acids is 3. The molecular formula is C27H32FN3O4. The number of halogens is 1. The van der Waals surface area contributed by atoms with Gasteiger partial charge < -0.3 is 15.0 Å². The minimum atomic E-state index is -0.989. The van der Waals surface area contributed by atoms with Crippen LogP contribution in [0.25, 0.3) is 0 Å². The molecule has 2 aliphatic rings. The molecule has 4 rings (SSSR count). The van der Waals surface area contributed by atoms with Crippen molar-refractivity contribution in [3.8, 4) is 0 Å². The number of amides is 3. The van der Waals surface area contributed by atoms with E-state index < -0.39 is 17.6 Å². The fourth-order valence-electron chi connectivity index (χ4n) is 4.79. The van der Waals surface area contributed by atoms with Crippen molar-refractivity contribution >= 4 is 17.7 Å². The van der Waals surface area contributed by atoms with E-state index in [0.717, 1.165) is 12.0 Å². The molecule has 186 valence electrons. The Morgan fingerprint density at radius 2 is 1.74 bits per heavy atom. The molecule has 2 aromatic carbocycles. The second-order valence-corrected chi connectivity index (χ2v) is 9.44. The van der Waals surface area contributed by atoms with Crippen molar-refractivity contribution in [1.82, 2.24) is 15.1 Å². The molecular weight excluding hydrogens is 449 g/mol. The fraction of sp³-hybridized carbons (Fsp3) is 0.444. The molecule has 2 aliphatic heterocycles. The number of benzene rings is 2. The van der Waals surface area contributed by atoms with Gasteiger partial charge in [0, 0.05) is 43.1 Å². The number of nitrogens with one attached hydrogen (secondary N) is 1. The van der Waals surface area contributed by atoms with Crippen LogP contribution in [0.5, 0.6) is 0 Å². The lowest BCUT2D eigenvalue weighted by Crippen LogP contribution is -2.60. The summed E-state index contributed by atoms with van der Waals surface area (Å²) in [7, 11) is 0. The normalized spacial score (nSPS) is 20.1. The van der Waals surface area contributed by atoms with E-state index in [1.807, 2.05) is 32.9 Å². The molecule has 8 heteroatoms. The summed E-state index contributed by atoms with van der Waals surface area (Å²) >= 11 is 0. The molecule has 2 unspecified atom stereocenters. The molecule has 35 heavy (non-hydrogen) atoms. The van der Waals surface area contributed by atoms with Gasteiger partial charge >= 0.3 is 0 Å². The lowest BCUT2D eigenvalue weighted by molar-refractivity contribution is -0.128. The molecule has 0 saturated carbocycles. The SMILES string of the molecule is CCC(C)NC(=O)C1COC2(CCN(C(=O)c3cccc(F)c3)CC2)N1C(=O)c1cccc(C)c1. The number of likely N-dealkylation sites (tertiary alicyclic amines) is 1. The zero-order valence-electron chi connectivity index (χ0n) is 20.4. The van der Waals surface area contributed by atoms with Crippen LogP contribution in [0, 0.1) is 12.7 Å². The molecule has 7 nitrogen and oxygen atoms in total. The van der Waals surface area contributed by atoms with Gasteiger partial charge in [-0.3, -0.25) is 19.3 Å². The maximum Gasteiger partial charge on any atom is 0.256 e. The Morgan fingerprint density at radius 3 is 2.37 bits per heavy atom. The highest BCUT2D eigenvalue weighted by Crippen LogP contribution is 2.39. The summed E-state index contributed by atoms with van der Waals surface area (Å²) in [6.07, 6.45) is 1.49. The fourth-order valence-corrected chi connectivity index (χ4v) is 4.79. The van der Waals surface area contributed by atoms with Gasteiger partial charge in [0.15, 0.2) is 0 Å². The van der Waals surface area contributed by atoms with Crippen LogP contribution in [0.1, 0.15) is 59.4 Å². The van der Waals surface area contributed by atoms with Crippen molar-refractivity contribution in [1.29, 1.82) is 0 Å². The summed E-state index contributed by atoms with van der Waals surface area (Å²) in [4.78, 5) is 43.1. The Hall–Kier alpha value is -3.26. The maximum absolute atomic E-state index is 13.8. The minimum Gasteiger partial charge on any atom is -0.353 e. The van der Waals surface area contributed by atoms with Crippen LogP contribution in [-0.4, -0.2) is 65.0 Å². The highest BCUT2D eigenvalue weighted by molar-refractivity contribution is 5.99. The molecule has 3 amide bonds. The number of aryl methyl sites for hydroxylation is 1. The highest BCUT2D eigenvalue weighted by Gasteiger charge is 2.54. The Bertz CT molecular complexity index is 1110. The average Bonchev–Trinajstić information content (AvgIpc) is 3.22. The summed E-state index contributed by atoms with van der Waals surface area (Å²) < 4.78 is 19.8. The summed E-state index contributed by atoms with van der Waals surface area (Å²) in [6.45, 7) is 6.57. The van der Waals surface area contributed by atoms with E-state index in [1.54, 1.807) is 28.0 Å². The van der Waals surface area contributed by atoms with E-state index in [0.29, 0.717) is 31.5 Å². The molecule has 0 bridgehead atoms. The van der Waals surface area contributed by atoms with Gasteiger partial charge in [-0.1, -0.05) is 30.7 Å². The second kappa shape index (κ2) is 10.2. The van der Waals surface area contributed by atoms with E-state index in [4.69, 9.17) is 4.74 Å². The van der Waals surface area contributed by atoms with E-state index in [1.165, 1.54) is 18.2 Å². The molecule has 0 aromatic heterocycles. The molecule has 2 heterocycles. The molecule has 2 saturated heterocycles. The lowest BCUT2D eigenvalue weighted by atomic mass is 9.95. The number of hydrogen-bond donors (Lipinski definition) is 1. The second-order valence-electron chi connectivity index (χ2n) is 9.44. The van der Waals surface area contributed by atoms with Crippen molar-refractivity contribution in [3.05, 3.63) is 71.0 Å². The van der Waals surface area contributed by atoms with Crippen LogP contribution in [-0.2, 0) is 9.53 Å². The number of piperidine rings is 1. The largest absolute Gasteiger partial charge is 0.353 e. The van der Waals surface area contributed by atoms with Gasteiger partial charge in [0.1, 0.15) is 17.6 Å². The Balaban J connectivity index is 1.58. The van der Waals surface area contributed by atoms with E-state index >= 15 is 0 Å². The number of rotatable bonds is 5. The van der Waals surface area contributed by atoms with Gasteiger partial charge in [0.05, 0.1) is 6.61 Å². The van der Waals surface area contributed by atoms with Crippen molar-refractivity contribution in [2.24, 2.45) is 0 Å². The molecule has 0 aliphatic carbocycles. The van der Waals surface area contributed by atoms with Gasteiger partial charge in [-0.05, 0) is 50.6 Å². The quantitative estimate of drug-likeness (QED) is 0.709. The third-order valence-electron chi connectivity index (χ3n) is 6.95. The molecule has 2 fully saturated rings. The number of ether oxygens (including phenoxy) is 1. The van der Waals surface area contributed by atoms with Gasteiger partial charge in [-0.15, -0.1) is 0 Å². The molecule has 1 N–H and O–H groups in total. The van der Waals surface area contributed by atoms with Crippen LogP contribution in [0.4, 0.5) is 4.39 Å². The predicted octanol–water partition coefficient (Wildman–Crippen LogP) is 3.52. The molecule has 2 aromatic rings. The number of carbonyl (C=O) groups is 3. The zero-order valence-corrected chi connectivity index (χ0v) is 20.4. The first-order chi connectivity index (χ1) is 16.7. The van der Waals surface area contributed by atoms with Crippen LogP contribution in [0.15, 0.2) is 48.5 Å². The Labute approximate surface area is 205 Å². The minimum absolute atomic E-state index is 0.0271. The summed E-state index contributed by atoms with van der Waals surface area (Å²) in [5.74, 6) is -1.23.